The van der Waals surface area contributed by atoms with Crippen molar-refractivity contribution in [1.82, 2.24) is 9.78 Å². The number of amides is 1. The molecule has 0 radical (unpaired) electrons. The van der Waals surface area contributed by atoms with E-state index in [0.29, 0.717) is 13.0 Å². The minimum absolute atomic E-state index is 0.0427. The van der Waals surface area contributed by atoms with Crippen LogP contribution in [0.15, 0.2) is 66.9 Å². The third kappa shape index (κ3) is 2.63. The van der Waals surface area contributed by atoms with Crippen molar-refractivity contribution in [3.63, 3.8) is 0 Å². The van der Waals surface area contributed by atoms with Gasteiger partial charge in [0.2, 0.25) is 5.91 Å². The molecule has 3 aromatic rings. The SMILES string of the molecule is O=C1C[C@@H](c2ccccc2)c2cnn(Cc3ccccc3)c2N1. The first-order valence-electron chi connectivity index (χ1n) is 7.75. The van der Waals surface area contributed by atoms with Crippen LogP contribution in [0.5, 0.6) is 0 Å². The maximum absolute atomic E-state index is 12.2. The zero-order valence-corrected chi connectivity index (χ0v) is 12.6. The summed E-state index contributed by atoms with van der Waals surface area (Å²) in [7, 11) is 0. The zero-order chi connectivity index (χ0) is 15.6. The van der Waals surface area contributed by atoms with Gasteiger partial charge in [0.15, 0.2) is 0 Å². The minimum Gasteiger partial charge on any atom is -0.311 e. The lowest BCUT2D eigenvalue weighted by Crippen LogP contribution is -2.25. The summed E-state index contributed by atoms with van der Waals surface area (Å²) < 4.78 is 1.87. The molecular weight excluding hydrogens is 286 g/mol. The number of hydrogen-bond donors (Lipinski definition) is 1. The molecular formula is C19H17N3O. The molecule has 1 N–H and O–H groups in total. The molecule has 4 rings (SSSR count). The molecule has 4 nitrogen and oxygen atoms in total. The van der Waals surface area contributed by atoms with Gasteiger partial charge in [-0.2, -0.15) is 5.10 Å². The first-order chi connectivity index (χ1) is 11.3. The number of anilines is 1. The van der Waals surface area contributed by atoms with Gasteiger partial charge in [-0.15, -0.1) is 0 Å². The van der Waals surface area contributed by atoms with Crippen LogP contribution in [-0.2, 0) is 11.3 Å². The van der Waals surface area contributed by atoms with Gasteiger partial charge < -0.3 is 5.32 Å². The smallest absolute Gasteiger partial charge is 0.226 e. The van der Waals surface area contributed by atoms with Gasteiger partial charge in [0.25, 0.3) is 0 Å². The third-order valence-electron chi connectivity index (χ3n) is 4.27. The van der Waals surface area contributed by atoms with Crippen LogP contribution >= 0.6 is 0 Å². The first kappa shape index (κ1) is 13.8. The Morgan fingerprint density at radius 1 is 1.04 bits per heavy atom. The van der Waals surface area contributed by atoms with E-state index in [9.17, 15) is 4.79 Å². The van der Waals surface area contributed by atoms with Crippen LogP contribution in [0.25, 0.3) is 0 Å². The summed E-state index contributed by atoms with van der Waals surface area (Å²) >= 11 is 0. The Kier molecular flexibility index (Phi) is 3.42. The third-order valence-corrected chi connectivity index (χ3v) is 4.27. The Bertz CT molecular complexity index is 824. The Morgan fingerprint density at radius 2 is 1.74 bits per heavy atom. The number of rotatable bonds is 3. The van der Waals surface area contributed by atoms with Crippen LogP contribution < -0.4 is 5.32 Å². The molecule has 4 heteroatoms. The lowest BCUT2D eigenvalue weighted by Gasteiger charge is -2.23. The number of aromatic nitrogens is 2. The summed E-state index contributed by atoms with van der Waals surface area (Å²) in [4.78, 5) is 12.2. The second-order valence-electron chi connectivity index (χ2n) is 5.81. The van der Waals surface area contributed by atoms with Gasteiger partial charge in [0, 0.05) is 17.9 Å². The van der Waals surface area contributed by atoms with Crippen molar-refractivity contribution in [2.24, 2.45) is 0 Å². The topological polar surface area (TPSA) is 46.9 Å². The summed E-state index contributed by atoms with van der Waals surface area (Å²) in [5.74, 6) is 0.935. The second-order valence-corrected chi connectivity index (χ2v) is 5.81. The highest BCUT2D eigenvalue weighted by Crippen LogP contribution is 2.36. The maximum atomic E-state index is 12.2. The summed E-state index contributed by atoms with van der Waals surface area (Å²) in [6.45, 7) is 0.651. The van der Waals surface area contributed by atoms with Crippen LogP contribution in [0.2, 0.25) is 0 Å². The van der Waals surface area contributed by atoms with E-state index in [4.69, 9.17) is 0 Å². The summed E-state index contributed by atoms with van der Waals surface area (Å²) in [5, 5.41) is 7.50. The van der Waals surface area contributed by atoms with E-state index in [1.165, 1.54) is 0 Å². The molecule has 0 fully saturated rings. The Balaban J connectivity index is 1.71. The molecule has 114 valence electrons. The van der Waals surface area contributed by atoms with Gasteiger partial charge in [-0.3, -0.25) is 4.79 Å². The molecule has 0 bridgehead atoms. The van der Waals surface area contributed by atoms with E-state index in [0.717, 1.165) is 22.5 Å². The molecule has 1 atom stereocenters. The van der Waals surface area contributed by atoms with E-state index in [1.54, 1.807) is 0 Å². The van der Waals surface area contributed by atoms with E-state index in [-0.39, 0.29) is 11.8 Å². The largest absolute Gasteiger partial charge is 0.311 e. The predicted molar refractivity (Wildman–Crippen MR) is 89.3 cm³/mol. The molecule has 0 aliphatic carbocycles. The van der Waals surface area contributed by atoms with Crippen LogP contribution in [0.3, 0.4) is 0 Å². The zero-order valence-electron chi connectivity index (χ0n) is 12.6. The molecule has 1 aliphatic rings. The van der Waals surface area contributed by atoms with Gasteiger partial charge in [-0.05, 0) is 11.1 Å². The first-order valence-corrected chi connectivity index (χ1v) is 7.75. The normalized spacial score (nSPS) is 16.7. The van der Waals surface area contributed by atoms with Crippen molar-refractivity contribution in [2.75, 3.05) is 5.32 Å². The molecule has 2 heterocycles. The Morgan fingerprint density at radius 3 is 2.48 bits per heavy atom. The van der Waals surface area contributed by atoms with Gasteiger partial charge >= 0.3 is 0 Å². The van der Waals surface area contributed by atoms with Crippen LogP contribution in [0.1, 0.15) is 29.0 Å². The molecule has 1 amide bonds. The van der Waals surface area contributed by atoms with E-state index < -0.39 is 0 Å². The fraction of sp³-hybridized carbons (Fsp3) is 0.158. The van der Waals surface area contributed by atoms with Crippen molar-refractivity contribution >= 4 is 11.7 Å². The second kappa shape index (κ2) is 5.72. The van der Waals surface area contributed by atoms with Crippen molar-refractivity contribution < 1.29 is 4.79 Å². The van der Waals surface area contributed by atoms with Crippen molar-refractivity contribution in [3.8, 4) is 0 Å². The number of carbonyl (C=O) groups is 1. The monoisotopic (exact) mass is 303 g/mol. The van der Waals surface area contributed by atoms with Gasteiger partial charge in [-0.1, -0.05) is 60.7 Å². The molecule has 1 aliphatic heterocycles. The number of fused-ring (bicyclic) bond motifs is 1. The highest BCUT2D eigenvalue weighted by molar-refractivity contribution is 5.94. The van der Waals surface area contributed by atoms with Crippen molar-refractivity contribution in [1.29, 1.82) is 0 Å². The fourth-order valence-corrected chi connectivity index (χ4v) is 3.13. The highest BCUT2D eigenvalue weighted by atomic mass is 16.1. The number of nitrogens with zero attached hydrogens (tertiary/aromatic N) is 2. The molecule has 0 unspecified atom stereocenters. The average molecular weight is 303 g/mol. The van der Waals surface area contributed by atoms with Gasteiger partial charge in [0.05, 0.1) is 12.7 Å². The number of carbonyl (C=O) groups excluding carboxylic acids is 1. The van der Waals surface area contributed by atoms with Gasteiger partial charge in [0.1, 0.15) is 5.82 Å². The lowest BCUT2D eigenvalue weighted by atomic mass is 9.87. The molecule has 0 saturated carbocycles. The fourth-order valence-electron chi connectivity index (χ4n) is 3.13. The van der Waals surface area contributed by atoms with Crippen LogP contribution in [0, 0.1) is 0 Å². The number of benzene rings is 2. The standard InChI is InChI=1S/C19H17N3O/c23-18-11-16(15-9-5-2-6-10-15)17-12-20-22(19(17)21-18)13-14-7-3-1-4-8-14/h1-10,12,16H,11,13H2,(H,21,23)/t16-/m0/s1. The van der Waals surface area contributed by atoms with Crippen LogP contribution in [0.4, 0.5) is 5.82 Å². The van der Waals surface area contributed by atoms with Crippen molar-refractivity contribution in [3.05, 3.63) is 83.6 Å². The van der Waals surface area contributed by atoms with E-state index >= 15 is 0 Å². The molecule has 1 aromatic heterocycles. The summed E-state index contributed by atoms with van der Waals surface area (Å²) in [5.41, 5.74) is 3.41. The maximum Gasteiger partial charge on any atom is 0.226 e. The molecule has 2 aromatic carbocycles. The minimum atomic E-state index is 0.0427. The Hall–Kier alpha value is -2.88. The van der Waals surface area contributed by atoms with Gasteiger partial charge in [-0.25, -0.2) is 4.68 Å². The van der Waals surface area contributed by atoms with E-state index in [2.05, 4.69) is 34.7 Å². The number of hydrogen-bond acceptors (Lipinski definition) is 2. The highest BCUT2D eigenvalue weighted by Gasteiger charge is 2.29. The summed E-state index contributed by atoms with van der Waals surface area (Å²) in [6.07, 6.45) is 2.35. The molecule has 23 heavy (non-hydrogen) atoms. The molecule has 0 spiro atoms. The average Bonchev–Trinajstić information content (AvgIpc) is 2.99. The number of nitrogens with one attached hydrogen (secondary N) is 1. The van der Waals surface area contributed by atoms with E-state index in [1.807, 2.05) is 47.3 Å². The van der Waals surface area contributed by atoms with Crippen LogP contribution in [-0.4, -0.2) is 15.7 Å². The predicted octanol–water partition coefficient (Wildman–Crippen LogP) is 3.41. The Labute approximate surface area is 134 Å². The quantitative estimate of drug-likeness (QED) is 0.806. The summed E-state index contributed by atoms with van der Waals surface area (Å²) in [6, 6.07) is 20.3. The lowest BCUT2D eigenvalue weighted by molar-refractivity contribution is -0.116. The molecule has 0 saturated heterocycles. The van der Waals surface area contributed by atoms with Crippen molar-refractivity contribution in [2.45, 2.75) is 18.9 Å².